The first kappa shape index (κ1) is 19.7. The van der Waals surface area contributed by atoms with Gasteiger partial charge >= 0.3 is 0 Å². The lowest BCUT2D eigenvalue weighted by atomic mass is 10.1. The molecule has 9 heteroatoms. The summed E-state index contributed by atoms with van der Waals surface area (Å²) < 4.78 is 1.92. The van der Waals surface area contributed by atoms with Gasteiger partial charge in [0.1, 0.15) is 6.33 Å². The lowest BCUT2D eigenvalue weighted by Crippen LogP contribution is -2.53. The number of aromatic nitrogens is 3. The van der Waals surface area contributed by atoms with Crippen molar-refractivity contribution in [2.24, 2.45) is 0 Å². The third-order valence-electron chi connectivity index (χ3n) is 3.85. The lowest BCUT2D eigenvalue weighted by molar-refractivity contribution is -0.130. The quantitative estimate of drug-likeness (QED) is 0.734. The summed E-state index contributed by atoms with van der Waals surface area (Å²) in [4.78, 5) is 28.3. The average Bonchev–Trinajstić information content (AvgIpc) is 2.99. The van der Waals surface area contributed by atoms with Crippen LogP contribution in [0.2, 0.25) is 0 Å². The summed E-state index contributed by atoms with van der Waals surface area (Å²) in [5.41, 5.74) is -0.217. The van der Waals surface area contributed by atoms with Crippen LogP contribution in [0.15, 0.2) is 11.5 Å². The van der Waals surface area contributed by atoms with Gasteiger partial charge in [-0.15, -0.1) is 10.2 Å². The Bertz CT molecular complexity index is 590. The summed E-state index contributed by atoms with van der Waals surface area (Å²) in [5.74, 6) is 0.500. The van der Waals surface area contributed by atoms with Crippen molar-refractivity contribution >= 4 is 23.6 Å². The predicted molar refractivity (Wildman–Crippen MR) is 97.3 cm³/mol. The molecule has 2 rings (SSSR count). The van der Waals surface area contributed by atoms with Crippen molar-refractivity contribution in [2.45, 2.75) is 44.9 Å². The second-order valence-electron chi connectivity index (χ2n) is 7.14. The van der Waals surface area contributed by atoms with Crippen molar-refractivity contribution < 1.29 is 9.59 Å². The molecule has 0 saturated carbocycles. The molecule has 1 saturated heterocycles. The van der Waals surface area contributed by atoms with Crippen LogP contribution in [0.5, 0.6) is 0 Å². The molecule has 140 valence electrons. The highest BCUT2D eigenvalue weighted by atomic mass is 32.2. The molecule has 25 heavy (non-hydrogen) atoms. The van der Waals surface area contributed by atoms with Crippen molar-refractivity contribution in [1.82, 2.24) is 29.9 Å². The minimum absolute atomic E-state index is 0.0294. The fourth-order valence-corrected chi connectivity index (χ4v) is 3.49. The molecular formula is C16H28N6O2S. The van der Waals surface area contributed by atoms with E-state index >= 15 is 0 Å². The number of amides is 2. The highest BCUT2D eigenvalue weighted by Crippen LogP contribution is 2.16. The Morgan fingerprint density at radius 1 is 1.24 bits per heavy atom. The van der Waals surface area contributed by atoms with Crippen LogP contribution in [0.25, 0.3) is 0 Å². The van der Waals surface area contributed by atoms with Crippen LogP contribution in [0, 0.1) is 0 Å². The van der Waals surface area contributed by atoms with Crippen molar-refractivity contribution in [3.63, 3.8) is 0 Å². The molecule has 1 N–H and O–H groups in total. The third kappa shape index (κ3) is 6.32. The van der Waals surface area contributed by atoms with E-state index in [4.69, 9.17) is 0 Å². The van der Waals surface area contributed by atoms with E-state index in [0.29, 0.717) is 25.4 Å². The number of nitrogens with zero attached hydrogens (tertiary/aromatic N) is 5. The van der Waals surface area contributed by atoms with E-state index in [9.17, 15) is 9.59 Å². The standard InChI is InChI=1S/C16H28N6O2S/c1-5-21-12-17-19-15(21)25-11-14(24)22-8-6-20(7-9-22)10-13(23)18-16(2,3)4/h12H,5-11H2,1-4H3,(H,18,23). The zero-order chi connectivity index (χ0) is 18.4. The molecule has 0 bridgehead atoms. The molecule has 1 aromatic rings. The minimum atomic E-state index is -0.217. The molecule has 0 aliphatic carbocycles. The first-order valence-electron chi connectivity index (χ1n) is 8.60. The van der Waals surface area contributed by atoms with Crippen LogP contribution in [-0.4, -0.2) is 80.4 Å². The van der Waals surface area contributed by atoms with E-state index in [1.807, 2.05) is 37.2 Å². The monoisotopic (exact) mass is 368 g/mol. The molecule has 0 aromatic carbocycles. The normalized spacial score (nSPS) is 16.1. The molecule has 1 aliphatic rings. The molecule has 1 aromatic heterocycles. The lowest BCUT2D eigenvalue weighted by Gasteiger charge is -2.34. The Morgan fingerprint density at radius 3 is 2.52 bits per heavy atom. The SMILES string of the molecule is CCn1cnnc1SCC(=O)N1CCN(CC(=O)NC(C)(C)C)CC1. The smallest absolute Gasteiger partial charge is 0.234 e. The minimum Gasteiger partial charge on any atom is -0.350 e. The number of carbonyl (C=O) groups is 2. The van der Waals surface area contributed by atoms with Crippen LogP contribution in [-0.2, 0) is 16.1 Å². The molecule has 8 nitrogen and oxygen atoms in total. The molecule has 2 heterocycles. The Morgan fingerprint density at radius 2 is 1.92 bits per heavy atom. The van der Waals surface area contributed by atoms with Crippen molar-refractivity contribution in [1.29, 1.82) is 0 Å². The molecule has 0 spiro atoms. The second kappa shape index (κ2) is 8.66. The van der Waals surface area contributed by atoms with E-state index in [1.54, 1.807) is 6.33 Å². The van der Waals surface area contributed by atoms with Crippen LogP contribution < -0.4 is 5.32 Å². The summed E-state index contributed by atoms with van der Waals surface area (Å²) in [5, 5.41) is 11.6. The largest absolute Gasteiger partial charge is 0.350 e. The van der Waals surface area contributed by atoms with Gasteiger partial charge in [0.25, 0.3) is 0 Å². The zero-order valence-corrected chi connectivity index (χ0v) is 16.3. The van der Waals surface area contributed by atoms with E-state index < -0.39 is 0 Å². The van der Waals surface area contributed by atoms with Gasteiger partial charge in [0.05, 0.1) is 12.3 Å². The average molecular weight is 369 g/mol. The summed E-state index contributed by atoms with van der Waals surface area (Å²) in [7, 11) is 0. The van der Waals surface area contributed by atoms with Gasteiger partial charge in [0.2, 0.25) is 11.8 Å². The third-order valence-corrected chi connectivity index (χ3v) is 4.82. The van der Waals surface area contributed by atoms with Gasteiger partial charge in [0.15, 0.2) is 5.16 Å². The first-order valence-corrected chi connectivity index (χ1v) is 9.59. The number of aryl methyl sites for hydroxylation is 1. The van der Waals surface area contributed by atoms with E-state index in [2.05, 4.69) is 20.4 Å². The molecule has 0 unspecified atom stereocenters. The van der Waals surface area contributed by atoms with E-state index in [0.717, 1.165) is 24.8 Å². The van der Waals surface area contributed by atoms with Gasteiger partial charge in [-0.2, -0.15) is 0 Å². The van der Waals surface area contributed by atoms with Gasteiger partial charge in [-0.3, -0.25) is 14.5 Å². The van der Waals surface area contributed by atoms with Crippen molar-refractivity contribution in [2.75, 3.05) is 38.5 Å². The summed E-state index contributed by atoms with van der Waals surface area (Å²) in [6, 6.07) is 0. The van der Waals surface area contributed by atoms with Crippen LogP contribution >= 0.6 is 11.8 Å². The maximum atomic E-state index is 12.4. The molecule has 2 amide bonds. The Kier molecular flexibility index (Phi) is 6.83. The highest BCUT2D eigenvalue weighted by molar-refractivity contribution is 7.99. The molecular weight excluding hydrogens is 340 g/mol. The van der Waals surface area contributed by atoms with E-state index in [1.165, 1.54) is 11.8 Å². The predicted octanol–water partition coefficient (Wildman–Crippen LogP) is 0.449. The number of hydrogen-bond donors (Lipinski definition) is 1. The van der Waals surface area contributed by atoms with Gasteiger partial charge < -0.3 is 14.8 Å². The number of thioether (sulfide) groups is 1. The highest BCUT2D eigenvalue weighted by Gasteiger charge is 2.24. The summed E-state index contributed by atoms with van der Waals surface area (Å²) >= 11 is 1.42. The van der Waals surface area contributed by atoms with Crippen LogP contribution in [0.3, 0.4) is 0 Å². The fraction of sp³-hybridized carbons (Fsp3) is 0.750. The second-order valence-corrected chi connectivity index (χ2v) is 8.09. The number of carbonyl (C=O) groups excluding carboxylic acids is 2. The number of rotatable bonds is 6. The van der Waals surface area contributed by atoms with Crippen LogP contribution in [0.4, 0.5) is 0 Å². The zero-order valence-electron chi connectivity index (χ0n) is 15.5. The fourth-order valence-electron chi connectivity index (χ4n) is 2.61. The Hall–Kier alpha value is -1.61. The van der Waals surface area contributed by atoms with Crippen LogP contribution in [0.1, 0.15) is 27.7 Å². The molecule has 0 radical (unpaired) electrons. The molecule has 0 atom stereocenters. The maximum absolute atomic E-state index is 12.4. The van der Waals surface area contributed by atoms with Crippen molar-refractivity contribution in [3.8, 4) is 0 Å². The van der Waals surface area contributed by atoms with Crippen molar-refractivity contribution in [3.05, 3.63) is 6.33 Å². The molecule has 1 fully saturated rings. The number of nitrogens with one attached hydrogen (secondary N) is 1. The Balaban J connectivity index is 1.72. The van der Waals surface area contributed by atoms with Gasteiger partial charge in [0, 0.05) is 38.3 Å². The van der Waals surface area contributed by atoms with Gasteiger partial charge in [-0.25, -0.2) is 0 Å². The topological polar surface area (TPSA) is 83.4 Å². The first-order chi connectivity index (χ1) is 11.8. The summed E-state index contributed by atoms with van der Waals surface area (Å²) in [6.45, 7) is 11.9. The van der Waals surface area contributed by atoms with Gasteiger partial charge in [-0.05, 0) is 27.7 Å². The van der Waals surface area contributed by atoms with Gasteiger partial charge in [-0.1, -0.05) is 11.8 Å². The molecule has 1 aliphatic heterocycles. The maximum Gasteiger partial charge on any atom is 0.234 e. The number of hydrogen-bond acceptors (Lipinski definition) is 6. The van der Waals surface area contributed by atoms with E-state index in [-0.39, 0.29) is 17.4 Å². The Labute approximate surface area is 153 Å². The summed E-state index contributed by atoms with van der Waals surface area (Å²) in [6.07, 6.45) is 1.67. The number of piperazine rings is 1.